The van der Waals surface area contributed by atoms with Crippen LogP contribution in [0.15, 0.2) is 112 Å². The fraction of sp³-hybridized carbons (Fsp3) is 0.520. The number of phosphoric acid groups is 1. The molecule has 0 radical (unpaired) electrons. The minimum absolute atomic E-state index is 0.317. The van der Waals surface area contributed by atoms with Gasteiger partial charge in [-0.3, -0.25) is 0 Å². The van der Waals surface area contributed by atoms with Crippen molar-refractivity contribution in [2.24, 2.45) is 0 Å². The van der Waals surface area contributed by atoms with Gasteiger partial charge in [-0.05, 0) is 205 Å². The first-order chi connectivity index (χ1) is 44.5. The Morgan fingerprint density at radius 2 is 0.478 bits per heavy atom. The summed E-state index contributed by atoms with van der Waals surface area (Å²) in [6, 6.07) is 11.7. The van der Waals surface area contributed by atoms with Crippen molar-refractivity contribution in [3.8, 4) is 17.2 Å². The van der Waals surface area contributed by atoms with Crippen molar-refractivity contribution >= 4 is 43.6 Å². The molecule has 0 saturated heterocycles. The molecule has 3 aromatic rings. The lowest BCUT2D eigenvalue weighted by Crippen LogP contribution is -2.12. The Kier molecular flexibility index (Phi) is 40.6. The smallest absolute Gasteiger partial charge is 0.463 e. The zero-order valence-electron chi connectivity index (χ0n) is 55.6. The van der Waals surface area contributed by atoms with Gasteiger partial charge in [-0.15, -0.1) is 0 Å². The minimum Gasteiger partial charge on any atom is -0.463 e. The SMILES string of the molecule is C=CC(=O)OCCCCCCc1ccc(OP(=O)(Oc2ccc(CCCCCCOC(=O)C=C)c(CCCCCCOC(=O)C=C)c2C)Oc2ccc(CCCCCCOC(=O)C=C)c(CCCCCCOC(=O)C=C)c2C)c(C)c1CCCCCCOC(=O)C=C. The second kappa shape index (κ2) is 47.4. The molecule has 506 valence electrons. The number of ether oxygens (including phenoxy) is 6. The number of benzene rings is 3. The first-order valence-electron chi connectivity index (χ1n) is 33.3. The number of esters is 6. The summed E-state index contributed by atoms with van der Waals surface area (Å²) in [5.41, 5.74) is 9.19. The maximum Gasteiger partial charge on any atom is 0.647 e. The molecule has 17 heteroatoms. The monoisotopic (exact) mass is 1290 g/mol. The van der Waals surface area contributed by atoms with Gasteiger partial charge < -0.3 is 42.0 Å². The van der Waals surface area contributed by atoms with E-state index in [1.54, 1.807) is 0 Å². The average molecular weight is 1290 g/mol. The summed E-state index contributed by atoms with van der Waals surface area (Å²) in [5.74, 6) is -1.51. The standard InChI is InChI=1S/C75H105O16P/c1-10-70(76)83-52-34-22-16-28-40-61-46-49-67(58(7)64(61)43-31-19-25-37-55-86-73(79)13-4)89-92(82,90-68-50-47-62(41-29-17-23-35-53-84-71(77)11-2)65(59(68)8)44-32-20-26-38-56-87-74(80)14-5)91-69-51-48-63(42-30-18-24-36-54-85-72(78)12-3)66(60(69)9)45-33-21-27-39-57-88-75(81)15-6/h10-15,46-51H,1-6,16-45,52-57H2,7-9H3. The van der Waals surface area contributed by atoms with E-state index in [0.717, 1.165) is 223 Å². The highest BCUT2D eigenvalue weighted by molar-refractivity contribution is 7.49. The van der Waals surface area contributed by atoms with Crippen molar-refractivity contribution in [1.29, 1.82) is 0 Å². The Balaban J connectivity index is 2.15. The Labute approximate surface area is 549 Å². The van der Waals surface area contributed by atoms with Gasteiger partial charge in [0.05, 0.1) is 39.6 Å². The van der Waals surface area contributed by atoms with E-state index in [0.29, 0.717) is 76.2 Å². The number of hydrogen-bond donors (Lipinski definition) is 0. The molecule has 0 fully saturated rings. The molecule has 0 bridgehead atoms. The molecule has 0 atom stereocenters. The molecule has 3 aromatic carbocycles. The molecule has 92 heavy (non-hydrogen) atoms. The first-order valence-corrected chi connectivity index (χ1v) is 34.8. The zero-order chi connectivity index (χ0) is 67.2. The van der Waals surface area contributed by atoms with Gasteiger partial charge >= 0.3 is 43.6 Å². The molecular weight excluding hydrogens is 1190 g/mol. The van der Waals surface area contributed by atoms with Crippen molar-refractivity contribution in [3.63, 3.8) is 0 Å². The summed E-state index contributed by atoms with van der Waals surface area (Å²) in [6.07, 6.45) is 31.8. The molecule has 3 rings (SSSR count). The Hall–Kier alpha value is -7.45. The molecule has 0 aliphatic rings. The number of phosphoric ester groups is 1. The van der Waals surface area contributed by atoms with Crippen LogP contribution in [0.2, 0.25) is 0 Å². The van der Waals surface area contributed by atoms with Crippen molar-refractivity contribution < 1.29 is 75.3 Å². The van der Waals surface area contributed by atoms with Gasteiger partial charge in [0.2, 0.25) is 0 Å². The molecule has 0 heterocycles. The topological polar surface area (TPSA) is 203 Å². The lowest BCUT2D eigenvalue weighted by Gasteiger charge is -2.25. The normalized spacial score (nSPS) is 10.9. The molecular formula is C75H105O16P. The van der Waals surface area contributed by atoms with E-state index in [1.165, 1.54) is 36.5 Å². The Morgan fingerprint density at radius 1 is 0.293 bits per heavy atom. The fourth-order valence-electron chi connectivity index (χ4n) is 10.8. The molecule has 0 spiro atoms. The van der Waals surface area contributed by atoms with Crippen molar-refractivity contribution in [2.45, 2.75) is 213 Å². The third-order valence-electron chi connectivity index (χ3n) is 16.0. The Morgan fingerprint density at radius 3 is 0.674 bits per heavy atom. The molecule has 16 nitrogen and oxygen atoms in total. The summed E-state index contributed by atoms with van der Waals surface area (Å²) in [4.78, 5) is 70.0. The molecule has 0 aliphatic carbocycles. The van der Waals surface area contributed by atoms with E-state index in [4.69, 9.17) is 42.0 Å². The number of carbonyl (C=O) groups excluding carboxylic acids is 6. The maximum atomic E-state index is 16.2. The third kappa shape index (κ3) is 32.2. The summed E-state index contributed by atoms with van der Waals surface area (Å²) in [7, 11) is -4.65. The Bertz CT molecular complexity index is 2580. The fourth-order valence-corrected chi connectivity index (χ4v) is 12.2. The minimum atomic E-state index is -4.65. The average Bonchev–Trinajstić information content (AvgIpc) is 0.832. The molecule has 0 N–H and O–H groups in total. The largest absolute Gasteiger partial charge is 0.647 e. The van der Waals surface area contributed by atoms with E-state index >= 15 is 4.57 Å². The number of unbranched alkanes of at least 4 members (excludes halogenated alkanes) is 18. The van der Waals surface area contributed by atoms with E-state index in [9.17, 15) is 28.8 Å². The van der Waals surface area contributed by atoms with Crippen LogP contribution in [0.3, 0.4) is 0 Å². The predicted octanol–water partition coefficient (Wildman–Crippen LogP) is 17.2. The van der Waals surface area contributed by atoms with Crippen LogP contribution < -0.4 is 13.6 Å². The number of carbonyl (C=O) groups is 6. The second-order valence-corrected chi connectivity index (χ2v) is 24.4. The maximum absolute atomic E-state index is 16.2. The number of rotatable bonds is 54. The quantitative estimate of drug-likeness (QED) is 0.0170. The van der Waals surface area contributed by atoms with Crippen LogP contribution in [0, 0.1) is 20.8 Å². The first kappa shape index (κ1) is 78.8. The molecule has 0 aliphatic heterocycles. The lowest BCUT2D eigenvalue weighted by atomic mass is 9.92. The van der Waals surface area contributed by atoms with E-state index in [-0.39, 0.29) is 0 Å². The predicted molar refractivity (Wildman–Crippen MR) is 363 cm³/mol. The van der Waals surface area contributed by atoms with Gasteiger partial charge in [-0.1, -0.05) is 135 Å². The second-order valence-electron chi connectivity index (χ2n) is 22.9. The van der Waals surface area contributed by atoms with Crippen LogP contribution in [0.5, 0.6) is 17.2 Å². The van der Waals surface area contributed by atoms with Crippen molar-refractivity contribution in [2.75, 3.05) is 39.6 Å². The van der Waals surface area contributed by atoms with Crippen molar-refractivity contribution in [1.82, 2.24) is 0 Å². The summed E-state index contributed by atoms with van der Waals surface area (Å²) >= 11 is 0. The number of aryl methyl sites for hydroxylation is 3. The molecule has 0 unspecified atom stereocenters. The van der Waals surface area contributed by atoms with Gasteiger partial charge in [0.15, 0.2) is 0 Å². The van der Waals surface area contributed by atoms with Crippen LogP contribution in [0.4, 0.5) is 0 Å². The van der Waals surface area contributed by atoms with Crippen LogP contribution in [-0.2, 0) is 100 Å². The van der Waals surface area contributed by atoms with Gasteiger partial charge in [0.1, 0.15) is 17.2 Å². The molecule has 0 aromatic heterocycles. The van der Waals surface area contributed by atoms with Gasteiger partial charge in [0, 0.05) is 36.5 Å². The summed E-state index contributed by atoms with van der Waals surface area (Å²) in [6.45, 7) is 28.8. The highest BCUT2D eigenvalue weighted by Crippen LogP contribution is 2.53. The highest BCUT2D eigenvalue weighted by Gasteiger charge is 2.36. The van der Waals surface area contributed by atoms with Crippen LogP contribution in [0.1, 0.15) is 204 Å². The van der Waals surface area contributed by atoms with E-state index < -0.39 is 43.6 Å². The molecule has 0 amide bonds. The summed E-state index contributed by atoms with van der Waals surface area (Å²) < 4.78 is 68.0. The third-order valence-corrected chi connectivity index (χ3v) is 17.3. The number of hydrogen-bond acceptors (Lipinski definition) is 16. The molecule has 0 saturated carbocycles. The van der Waals surface area contributed by atoms with Crippen LogP contribution in [0.25, 0.3) is 0 Å². The van der Waals surface area contributed by atoms with Crippen molar-refractivity contribution in [3.05, 3.63) is 162 Å². The zero-order valence-corrected chi connectivity index (χ0v) is 56.5. The van der Waals surface area contributed by atoms with E-state index in [2.05, 4.69) is 39.5 Å². The highest BCUT2D eigenvalue weighted by atomic mass is 31.2. The summed E-state index contributed by atoms with van der Waals surface area (Å²) in [5, 5.41) is 0. The lowest BCUT2D eigenvalue weighted by molar-refractivity contribution is -0.138. The van der Waals surface area contributed by atoms with E-state index in [1.807, 2.05) is 57.2 Å². The van der Waals surface area contributed by atoms with Crippen LogP contribution >= 0.6 is 7.82 Å². The van der Waals surface area contributed by atoms with Gasteiger partial charge in [-0.2, -0.15) is 4.57 Å². The van der Waals surface area contributed by atoms with Gasteiger partial charge in [0.25, 0.3) is 0 Å². The van der Waals surface area contributed by atoms with Gasteiger partial charge in [-0.25, -0.2) is 28.8 Å². The van der Waals surface area contributed by atoms with Crippen LogP contribution in [-0.4, -0.2) is 75.5 Å².